The number of nitrogens with zero attached hydrogens (tertiary/aromatic N) is 1. The molecule has 0 atom stereocenters. The molecule has 106 valence electrons. The zero-order valence-electron chi connectivity index (χ0n) is 11.2. The summed E-state index contributed by atoms with van der Waals surface area (Å²) in [5, 5.41) is 0. The molecule has 0 saturated heterocycles. The molecule has 0 spiro atoms. The molecule has 0 aromatic heterocycles. The van der Waals surface area contributed by atoms with E-state index in [4.69, 9.17) is 9.57 Å². The maximum absolute atomic E-state index is 11.9. The Balaban J connectivity index is 2.40. The SMILES string of the molecule is COc1ccccc1ON(c1ccccc1)S(C)(=O)=O. The molecule has 0 N–H and O–H groups in total. The van der Waals surface area contributed by atoms with Crippen molar-refractivity contribution in [3.63, 3.8) is 0 Å². The van der Waals surface area contributed by atoms with Gasteiger partial charge in [0.2, 0.25) is 0 Å². The summed E-state index contributed by atoms with van der Waals surface area (Å²) >= 11 is 0. The molecular weight excluding hydrogens is 278 g/mol. The van der Waals surface area contributed by atoms with E-state index in [9.17, 15) is 8.42 Å². The molecule has 20 heavy (non-hydrogen) atoms. The number of methoxy groups -OCH3 is 1. The summed E-state index contributed by atoms with van der Waals surface area (Å²) in [4.78, 5) is 5.51. The van der Waals surface area contributed by atoms with Crippen LogP contribution < -0.4 is 14.0 Å². The van der Waals surface area contributed by atoms with Crippen molar-refractivity contribution in [1.82, 2.24) is 0 Å². The molecule has 6 heteroatoms. The van der Waals surface area contributed by atoms with Gasteiger partial charge in [0.25, 0.3) is 10.0 Å². The highest BCUT2D eigenvalue weighted by molar-refractivity contribution is 7.91. The third-order valence-corrected chi connectivity index (χ3v) is 3.41. The van der Waals surface area contributed by atoms with Gasteiger partial charge in [-0.05, 0) is 24.3 Å². The summed E-state index contributed by atoms with van der Waals surface area (Å²) in [6.45, 7) is 0. The first-order valence-electron chi connectivity index (χ1n) is 5.88. The summed E-state index contributed by atoms with van der Waals surface area (Å²) in [5.74, 6) is 0.779. The van der Waals surface area contributed by atoms with E-state index < -0.39 is 10.0 Å². The number of anilines is 1. The molecule has 5 nitrogen and oxygen atoms in total. The molecule has 0 saturated carbocycles. The molecule has 0 radical (unpaired) electrons. The van der Waals surface area contributed by atoms with Gasteiger partial charge in [0.05, 0.1) is 19.1 Å². The zero-order valence-corrected chi connectivity index (χ0v) is 12.0. The van der Waals surface area contributed by atoms with Crippen LogP contribution in [0.3, 0.4) is 0 Å². The van der Waals surface area contributed by atoms with Gasteiger partial charge in [0, 0.05) is 0 Å². The van der Waals surface area contributed by atoms with Crippen LogP contribution in [0.1, 0.15) is 0 Å². The molecule has 0 aliphatic heterocycles. The molecule has 0 bridgehead atoms. The zero-order chi connectivity index (χ0) is 14.6. The quantitative estimate of drug-likeness (QED) is 0.795. The molecule has 0 aliphatic carbocycles. The van der Waals surface area contributed by atoms with Gasteiger partial charge < -0.3 is 9.57 Å². The summed E-state index contributed by atoms with van der Waals surface area (Å²) in [5.41, 5.74) is 0.418. The van der Waals surface area contributed by atoms with Crippen molar-refractivity contribution in [1.29, 1.82) is 0 Å². The van der Waals surface area contributed by atoms with Crippen LogP contribution in [0.2, 0.25) is 0 Å². The van der Waals surface area contributed by atoms with Crippen molar-refractivity contribution in [2.45, 2.75) is 0 Å². The fourth-order valence-electron chi connectivity index (χ4n) is 1.65. The first-order valence-corrected chi connectivity index (χ1v) is 7.73. The van der Waals surface area contributed by atoms with Gasteiger partial charge in [0.1, 0.15) is 0 Å². The Kier molecular flexibility index (Phi) is 4.14. The van der Waals surface area contributed by atoms with E-state index in [1.54, 1.807) is 54.6 Å². The van der Waals surface area contributed by atoms with Gasteiger partial charge in [0.15, 0.2) is 11.5 Å². The van der Waals surface area contributed by atoms with Crippen molar-refractivity contribution in [2.24, 2.45) is 0 Å². The lowest BCUT2D eigenvalue weighted by Gasteiger charge is -2.22. The van der Waals surface area contributed by atoms with Gasteiger partial charge in [-0.25, -0.2) is 8.42 Å². The van der Waals surface area contributed by atoms with Gasteiger partial charge in [-0.2, -0.15) is 0 Å². The van der Waals surface area contributed by atoms with Crippen molar-refractivity contribution < 1.29 is 18.0 Å². The van der Waals surface area contributed by atoms with Crippen LogP contribution in [0.5, 0.6) is 11.5 Å². The van der Waals surface area contributed by atoms with Gasteiger partial charge in [-0.15, -0.1) is 0 Å². The Bertz CT molecular complexity index is 671. The average Bonchev–Trinajstić information content (AvgIpc) is 2.45. The number of rotatable bonds is 5. The highest BCUT2D eigenvalue weighted by Crippen LogP contribution is 2.29. The fraction of sp³-hybridized carbons (Fsp3) is 0.143. The molecule has 0 fully saturated rings. The summed E-state index contributed by atoms with van der Waals surface area (Å²) < 4.78 is 29.8. The number of para-hydroxylation sites is 3. The Morgan fingerprint density at radius 1 is 0.900 bits per heavy atom. The van der Waals surface area contributed by atoms with Crippen molar-refractivity contribution in [3.8, 4) is 11.5 Å². The Hall–Kier alpha value is -2.21. The van der Waals surface area contributed by atoms with E-state index in [1.807, 2.05) is 0 Å². The molecule has 0 amide bonds. The van der Waals surface area contributed by atoms with E-state index >= 15 is 0 Å². The van der Waals surface area contributed by atoms with E-state index in [0.29, 0.717) is 17.2 Å². The van der Waals surface area contributed by atoms with E-state index in [0.717, 1.165) is 10.7 Å². The Morgan fingerprint density at radius 3 is 2.00 bits per heavy atom. The number of ether oxygens (including phenoxy) is 1. The minimum Gasteiger partial charge on any atom is -0.493 e. The van der Waals surface area contributed by atoms with E-state index in [-0.39, 0.29) is 0 Å². The lowest BCUT2D eigenvalue weighted by Crippen LogP contribution is -2.33. The monoisotopic (exact) mass is 293 g/mol. The highest BCUT2D eigenvalue weighted by atomic mass is 32.2. The summed E-state index contributed by atoms with van der Waals surface area (Å²) in [7, 11) is -2.09. The third kappa shape index (κ3) is 3.21. The maximum atomic E-state index is 11.9. The first kappa shape index (κ1) is 14.2. The standard InChI is InChI=1S/C14H15NO4S/c1-18-13-10-6-7-11-14(13)19-15(20(2,16)17)12-8-4-3-5-9-12/h3-11H,1-2H3. The molecule has 2 aromatic carbocycles. The van der Waals surface area contributed by atoms with Gasteiger partial charge in [-0.1, -0.05) is 34.8 Å². The molecule has 2 aromatic rings. The first-order chi connectivity index (χ1) is 9.52. The third-order valence-electron chi connectivity index (χ3n) is 2.52. The highest BCUT2D eigenvalue weighted by Gasteiger charge is 2.21. The Morgan fingerprint density at radius 2 is 1.45 bits per heavy atom. The average molecular weight is 293 g/mol. The van der Waals surface area contributed by atoms with Crippen molar-refractivity contribution >= 4 is 15.7 Å². The second kappa shape index (κ2) is 5.83. The smallest absolute Gasteiger partial charge is 0.263 e. The van der Waals surface area contributed by atoms with Crippen LogP contribution in [0.4, 0.5) is 5.69 Å². The summed E-state index contributed by atoms with van der Waals surface area (Å²) in [6, 6.07) is 15.4. The second-order valence-corrected chi connectivity index (χ2v) is 5.87. The Labute approximate surface area is 118 Å². The molecule has 2 rings (SSSR count). The topological polar surface area (TPSA) is 55.8 Å². The molecule has 0 unspecified atom stereocenters. The largest absolute Gasteiger partial charge is 0.493 e. The number of hydrogen-bond acceptors (Lipinski definition) is 4. The second-order valence-electron chi connectivity index (χ2n) is 4.07. The fourth-order valence-corrected chi connectivity index (χ4v) is 2.37. The van der Waals surface area contributed by atoms with Crippen LogP contribution in [0.15, 0.2) is 54.6 Å². The minimum atomic E-state index is -3.59. The number of hydrogen-bond donors (Lipinski definition) is 0. The predicted octanol–water partition coefficient (Wildman–Crippen LogP) is 2.46. The summed E-state index contributed by atoms with van der Waals surface area (Å²) in [6.07, 6.45) is 1.08. The lowest BCUT2D eigenvalue weighted by atomic mass is 10.3. The molecule has 0 heterocycles. The minimum absolute atomic E-state index is 0.323. The van der Waals surface area contributed by atoms with E-state index in [1.165, 1.54) is 7.11 Å². The van der Waals surface area contributed by atoms with E-state index in [2.05, 4.69) is 0 Å². The van der Waals surface area contributed by atoms with Gasteiger partial charge in [-0.3, -0.25) is 0 Å². The van der Waals surface area contributed by atoms with Crippen LogP contribution >= 0.6 is 0 Å². The van der Waals surface area contributed by atoms with Crippen LogP contribution in [0, 0.1) is 0 Å². The predicted molar refractivity (Wildman–Crippen MR) is 77.4 cm³/mol. The molecular formula is C14H15NO4S. The van der Waals surface area contributed by atoms with Crippen LogP contribution in [0.25, 0.3) is 0 Å². The van der Waals surface area contributed by atoms with Gasteiger partial charge >= 0.3 is 0 Å². The maximum Gasteiger partial charge on any atom is 0.263 e. The normalized spacial score (nSPS) is 10.9. The van der Waals surface area contributed by atoms with Crippen molar-refractivity contribution in [2.75, 3.05) is 17.8 Å². The van der Waals surface area contributed by atoms with Crippen molar-refractivity contribution in [3.05, 3.63) is 54.6 Å². The van der Waals surface area contributed by atoms with Crippen LogP contribution in [-0.4, -0.2) is 21.8 Å². The van der Waals surface area contributed by atoms with Crippen LogP contribution in [-0.2, 0) is 10.0 Å². The molecule has 0 aliphatic rings. The number of benzene rings is 2. The lowest BCUT2D eigenvalue weighted by molar-refractivity contribution is 0.310. The number of sulfonamides is 1.